The molecule has 0 saturated heterocycles. The van der Waals surface area contributed by atoms with Crippen LogP contribution in [0.2, 0.25) is 0 Å². The van der Waals surface area contributed by atoms with Gasteiger partial charge in [-0.05, 0) is 35.3 Å². The number of rotatable bonds is 2. The van der Waals surface area contributed by atoms with Crippen molar-refractivity contribution in [2.45, 2.75) is 20.4 Å². The third-order valence-corrected chi connectivity index (χ3v) is 4.52. The molecule has 0 bridgehead atoms. The van der Waals surface area contributed by atoms with Crippen LogP contribution in [-0.4, -0.2) is 18.7 Å². The summed E-state index contributed by atoms with van der Waals surface area (Å²) >= 11 is 3.41. The molecule has 0 saturated carbocycles. The van der Waals surface area contributed by atoms with Crippen molar-refractivity contribution >= 4 is 27.1 Å². The normalized spacial score (nSPS) is 11.3. The Morgan fingerprint density at radius 2 is 1.65 bits per heavy atom. The second-order valence-corrected chi connectivity index (χ2v) is 6.55. The van der Waals surface area contributed by atoms with Gasteiger partial charge in [-0.25, -0.2) is 9.78 Å². The quantitative estimate of drug-likeness (QED) is 0.641. The predicted octanol–water partition coefficient (Wildman–Crippen LogP) is 1.86. The van der Waals surface area contributed by atoms with Gasteiger partial charge in [0.1, 0.15) is 0 Å². The van der Waals surface area contributed by atoms with Gasteiger partial charge in [-0.3, -0.25) is 18.5 Å². The van der Waals surface area contributed by atoms with Crippen molar-refractivity contribution in [3.63, 3.8) is 0 Å². The molecule has 0 aliphatic heterocycles. The van der Waals surface area contributed by atoms with Crippen molar-refractivity contribution in [2.24, 2.45) is 14.1 Å². The van der Waals surface area contributed by atoms with Crippen molar-refractivity contribution in [3.8, 4) is 0 Å². The smallest absolute Gasteiger partial charge is 0.300 e. The molecule has 2 heterocycles. The summed E-state index contributed by atoms with van der Waals surface area (Å²) in [6.45, 7) is 4.62. The summed E-state index contributed by atoms with van der Waals surface area (Å²) in [5.41, 5.74) is 3.49. The van der Waals surface area contributed by atoms with E-state index < -0.39 is 0 Å². The number of hydrogen-bond donors (Lipinski definition) is 0. The molecule has 3 rings (SSSR count). The maximum Gasteiger partial charge on any atom is 0.332 e. The topological polar surface area (TPSA) is 61.8 Å². The Labute approximate surface area is 141 Å². The average molecular weight is 377 g/mol. The van der Waals surface area contributed by atoms with Crippen molar-refractivity contribution in [2.75, 3.05) is 0 Å². The van der Waals surface area contributed by atoms with Gasteiger partial charge in [0.15, 0.2) is 15.9 Å². The average Bonchev–Trinajstić information content (AvgIpc) is 2.79. The van der Waals surface area contributed by atoms with Crippen LogP contribution in [0.3, 0.4) is 0 Å². The highest BCUT2D eigenvalue weighted by molar-refractivity contribution is 9.10. The fourth-order valence-electron chi connectivity index (χ4n) is 2.95. The summed E-state index contributed by atoms with van der Waals surface area (Å²) in [6.07, 6.45) is 0. The zero-order valence-electron chi connectivity index (χ0n) is 13.4. The molecular formula is C16H17BrN4O2. The Balaban J connectivity index is 2.28. The van der Waals surface area contributed by atoms with Crippen molar-refractivity contribution in [1.82, 2.24) is 18.7 Å². The molecule has 1 aromatic carbocycles. The van der Waals surface area contributed by atoms with E-state index in [4.69, 9.17) is 0 Å². The molecular weight excluding hydrogens is 360 g/mol. The molecule has 0 amide bonds. The molecule has 0 radical (unpaired) electrons. The Hall–Kier alpha value is -2.15. The zero-order chi connectivity index (χ0) is 16.9. The zero-order valence-corrected chi connectivity index (χ0v) is 15.0. The van der Waals surface area contributed by atoms with Gasteiger partial charge >= 0.3 is 5.69 Å². The van der Waals surface area contributed by atoms with E-state index in [1.807, 2.05) is 18.4 Å². The van der Waals surface area contributed by atoms with Gasteiger partial charge in [0.05, 0.1) is 6.54 Å². The summed E-state index contributed by atoms with van der Waals surface area (Å²) in [5.74, 6) is 0. The number of imidazole rings is 1. The molecule has 0 atom stereocenters. The van der Waals surface area contributed by atoms with Gasteiger partial charge in [0.2, 0.25) is 0 Å². The number of nitrogens with zero attached hydrogens (tertiary/aromatic N) is 4. The van der Waals surface area contributed by atoms with Crippen LogP contribution in [0, 0.1) is 13.8 Å². The molecule has 3 aromatic rings. The number of fused-ring (bicyclic) bond motifs is 1. The molecule has 0 N–H and O–H groups in total. The molecule has 0 unspecified atom stereocenters. The first kappa shape index (κ1) is 15.7. The van der Waals surface area contributed by atoms with Crippen LogP contribution in [0.5, 0.6) is 0 Å². The predicted molar refractivity (Wildman–Crippen MR) is 92.9 cm³/mol. The molecule has 0 aliphatic rings. The van der Waals surface area contributed by atoms with E-state index in [0.717, 1.165) is 10.1 Å². The van der Waals surface area contributed by atoms with Gasteiger partial charge < -0.3 is 0 Å². The van der Waals surface area contributed by atoms with Crippen LogP contribution in [0.4, 0.5) is 0 Å². The molecule has 120 valence electrons. The monoisotopic (exact) mass is 376 g/mol. The Bertz CT molecular complexity index is 1020. The molecule has 6 nitrogen and oxygen atoms in total. The lowest BCUT2D eigenvalue weighted by Crippen LogP contribution is -2.37. The highest BCUT2D eigenvalue weighted by atomic mass is 79.9. The first-order chi connectivity index (χ1) is 10.8. The SMILES string of the molecule is Cc1cc(C)cc(Cn2c(Br)nc3c(=O)n(C)c(=O)n(C)c32)c1. The van der Waals surface area contributed by atoms with E-state index in [0.29, 0.717) is 16.9 Å². The largest absolute Gasteiger partial charge is 0.332 e. The number of hydrogen-bond acceptors (Lipinski definition) is 3. The van der Waals surface area contributed by atoms with Crippen LogP contribution < -0.4 is 11.2 Å². The first-order valence-electron chi connectivity index (χ1n) is 7.18. The number of halogens is 1. The fraction of sp³-hybridized carbons (Fsp3) is 0.312. The highest BCUT2D eigenvalue weighted by Gasteiger charge is 2.17. The van der Waals surface area contributed by atoms with E-state index >= 15 is 0 Å². The molecule has 2 aromatic heterocycles. The minimum atomic E-state index is -0.386. The summed E-state index contributed by atoms with van der Waals surface area (Å²) in [6, 6.07) is 6.28. The van der Waals surface area contributed by atoms with Crippen LogP contribution in [-0.2, 0) is 20.6 Å². The van der Waals surface area contributed by atoms with E-state index in [-0.39, 0.29) is 16.8 Å². The lowest BCUT2D eigenvalue weighted by molar-refractivity contribution is 0.685. The van der Waals surface area contributed by atoms with Gasteiger partial charge in [-0.2, -0.15) is 0 Å². The van der Waals surface area contributed by atoms with E-state index in [1.54, 1.807) is 7.05 Å². The second-order valence-electron chi connectivity index (χ2n) is 5.84. The molecule has 0 fully saturated rings. The van der Waals surface area contributed by atoms with Gasteiger partial charge in [-0.15, -0.1) is 0 Å². The Kier molecular flexibility index (Phi) is 3.75. The van der Waals surface area contributed by atoms with Gasteiger partial charge in [0, 0.05) is 14.1 Å². The second kappa shape index (κ2) is 5.49. The molecule has 7 heteroatoms. The molecule has 0 aliphatic carbocycles. The third kappa shape index (κ3) is 2.55. The van der Waals surface area contributed by atoms with Crippen molar-refractivity contribution in [1.29, 1.82) is 0 Å². The Morgan fingerprint density at radius 3 is 2.26 bits per heavy atom. The minimum Gasteiger partial charge on any atom is -0.300 e. The van der Waals surface area contributed by atoms with Gasteiger partial charge in [-0.1, -0.05) is 29.3 Å². The Morgan fingerprint density at radius 1 is 1.04 bits per heavy atom. The third-order valence-electron chi connectivity index (χ3n) is 3.92. The minimum absolute atomic E-state index is 0.283. The maximum absolute atomic E-state index is 12.3. The van der Waals surface area contributed by atoms with Crippen LogP contribution in [0.15, 0.2) is 32.5 Å². The van der Waals surface area contributed by atoms with E-state index in [1.165, 1.54) is 22.7 Å². The number of aromatic nitrogens is 4. The van der Waals surface area contributed by atoms with E-state index in [2.05, 4.69) is 39.1 Å². The van der Waals surface area contributed by atoms with Crippen molar-refractivity contribution < 1.29 is 0 Å². The van der Waals surface area contributed by atoms with Crippen LogP contribution in [0.1, 0.15) is 16.7 Å². The summed E-state index contributed by atoms with van der Waals surface area (Å²) in [4.78, 5) is 28.8. The summed E-state index contributed by atoms with van der Waals surface area (Å²) in [5, 5.41) is 0. The van der Waals surface area contributed by atoms with Gasteiger partial charge in [0.25, 0.3) is 5.56 Å². The van der Waals surface area contributed by atoms with Crippen LogP contribution in [0.25, 0.3) is 11.2 Å². The lowest BCUT2D eigenvalue weighted by Gasteiger charge is -2.11. The molecule has 0 spiro atoms. The van der Waals surface area contributed by atoms with E-state index in [9.17, 15) is 9.59 Å². The summed E-state index contributed by atoms with van der Waals surface area (Å²) < 4.78 is 4.90. The standard InChI is InChI=1S/C16H17BrN4O2/c1-9-5-10(2)7-11(6-9)8-21-13-12(18-15(21)17)14(22)20(4)16(23)19(13)3/h5-7H,8H2,1-4H3. The fourth-order valence-corrected chi connectivity index (χ4v) is 3.42. The molecule has 23 heavy (non-hydrogen) atoms. The van der Waals surface area contributed by atoms with Crippen molar-refractivity contribution in [3.05, 3.63) is 60.5 Å². The lowest BCUT2D eigenvalue weighted by atomic mass is 10.1. The number of aryl methyl sites for hydroxylation is 3. The number of benzene rings is 1. The highest BCUT2D eigenvalue weighted by Crippen LogP contribution is 2.19. The maximum atomic E-state index is 12.3. The first-order valence-corrected chi connectivity index (χ1v) is 7.98. The van der Waals surface area contributed by atoms with Crippen LogP contribution >= 0.6 is 15.9 Å². The summed E-state index contributed by atoms with van der Waals surface area (Å²) in [7, 11) is 3.11.